The molecule has 2 rings (SSSR count). The third kappa shape index (κ3) is 8.24. The van der Waals surface area contributed by atoms with Crippen LogP contribution in [0.15, 0.2) is 64.2 Å². The van der Waals surface area contributed by atoms with Crippen molar-refractivity contribution in [3.8, 4) is 16.9 Å². The minimum atomic E-state index is -4.75. The normalized spacial score (nSPS) is 12.1. The summed E-state index contributed by atoms with van der Waals surface area (Å²) < 4.78 is 50.3. The molecule has 2 aromatic carbocycles. The van der Waals surface area contributed by atoms with Crippen LogP contribution in [0.3, 0.4) is 0 Å². The summed E-state index contributed by atoms with van der Waals surface area (Å²) in [5.41, 5.74) is 9.31. The van der Waals surface area contributed by atoms with Crippen molar-refractivity contribution >= 4 is 23.7 Å². The van der Waals surface area contributed by atoms with Crippen LogP contribution in [0, 0.1) is 5.92 Å². The number of ether oxygens (including phenoxy) is 3. The predicted molar refractivity (Wildman–Crippen MR) is 115 cm³/mol. The van der Waals surface area contributed by atoms with E-state index in [0.29, 0.717) is 10.5 Å². The average molecular weight is 485 g/mol. The molecule has 0 fully saturated rings. The Morgan fingerprint density at radius 1 is 1.00 bits per heavy atom. The van der Waals surface area contributed by atoms with E-state index in [2.05, 4.69) is 10.2 Å². The first-order chi connectivity index (χ1) is 15.5. The molecule has 0 saturated carbocycles. The second kappa shape index (κ2) is 11.5. The van der Waals surface area contributed by atoms with Crippen LogP contribution in [0.4, 0.5) is 13.2 Å². The number of carbonyl (C=O) groups is 2. The van der Waals surface area contributed by atoms with Crippen LogP contribution in [0.5, 0.6) is 5.75 Å². The summed E-state index contributed by atoms with van der Waals surface area (Å²) in [5.74, 6) is 3.24. The van der Waals surface area contributed by atoms with Crippen LogP contribution in [-0.4, -0.2) is 25.1 Å². The van der Waals surface area contributed by atoms with Crippen molar-refractivity contribution in [3.05, 3.63) is 59.3 Å². The van der Waals surface area contributed by atoms with E-state index in [-0.39, 0.29) is 22.4 Å². The highest BCUT2D eigenvalue weighted by Gasteiger charge is 2.31. The predicted octanol–water partition coefficient (Wildman–Crippen LogP) is 3.64. The molecule has 0 aliphatic heterocycles. The van der Waals surface area contributed by atoms with E-state index in [1.807, 2.05) is 0 Å². The topological polar surface area (TPSA) is 126 Å². The van der Waals surface area contributed by atoms with Crippen LogP contribution in [-0.2, 0) is 19.1 Å². The monoisotopic (exact) mass is 485 g/mol. The summed E-state index contributed by atoms with van der Waals surface area (Å²) >= 11 is 1.02. The molecule has 178 valence electrons. The first-order valence-electron chi connectivity index (χ1n) is 9.44. The molecule has 0 bridgehead atoms. The quantitative estimate of drug-likeness (QED) is 0.122. The third-order valence-electron chi connectivity index (χ3n) is 3.96. The van der Waals surface area contributed by atoms with Gasteiger partial charge in [0.2, 0.25) is 6.79 Å². The van der Waals surface area contributed by atoms with Gasteiger partial charge >= 0.3 is 18.3 Å². The molecule has 0 atom stereocenters. The van der Waals surface area contributed by atoms with Crippen molar-refractivity contribution in [1.29, 1.82) is 0 Å². The van der Waals surface area contributed by atoms with Crippen molar-refractivity contribution in [2.75, 3.05) is 6.79 Å². The van der Waals surface area contributed by atoms with Gasteiger partial charge in [-0.05, 0) is 35.4 Å². The van der Waals surface area contributed by atoms with Crippen LogP contribution < -0.4 is 21.7 Å². The fraction of sp³-hybridized carbons (Fsp3) is 0.238. The Morgan fingerprint density at radius 3 is 2.03 bits per heavy atom. The summed E-state index contributed by atoms with van der Waals surface area (Å²) in [6.45, 7) is 2.68. The largest absolute Gasteiger partial charge is 0.573 e. The average Bonchev–Trinajstić information content (AvgIpc) is 2.74. The number of rotatable bonds is 9. The van der Waals surface area contributed by atoms with Crippen molar-refractivity contribution in [1.82, 2.24) is 5.43 Å². The standard InChI is InChI=1S/C21H22F3N3O5S/c1-12(2)19(28)30-11-31-20(29)17(27-26)18(25)33-16-9-5-14(6-10-16)13-3-7-15(8-4-13)32-21(22,23)24/h3-10,12,27H,11,25-26H2,1-2H3/b18-17+. The summed E-state index contributed by atoms with van der Waals surface area (Å²) in [5, 5.41) is 0.0130. The molecule has 5 N–H and O–H groups in total. The molecule has 12 heteroatoms. The number of carbonyl (C=O) groups excluding carboxylic acids is 2. The zero-order valence-corrected chi connectivity index (χ0v) is 18.5. The van der Waals surface area contributed by atoms with Gasteiger partial charge in [0.25, 0.3) is 0 Å². The number of nitrogens with one attached hydrogen (secondary N) is 1. The fourth-order valence-electron chi connectivity index (χ4n) is 2.35. The van der Waals surface area contributed by atoms with E-state index in [0.717, 1.165) is 17.3 Å². The van der Waals surface area contributed by atoms with E-state index in [9.17, 15) is 22.8 Å². The van der Waals surface area contributed by atoms with Crippen LogP contribution in [0.1, 0.15) is 13.8 Å². The third-order valence-corrected chi connectivity index (χ3v) is 4.89. The Bertz CT molecular complexity index is 994. The molecule has 0 unspecified atom stereocenters. The van der Waals surface area contributed by atoms with Gasteiger partial charge in [-0.15, -0.1) is 13.2 Å². The maximum Gasteiger partial charge on any atom is 0.573 e. The van der Waals surface area contributed by atoms with E-state index in [4.69, 9.17) is 21.1 Å². The summed E-state index contributed by atoms with van der Waals surface area (Å²) in [6.07, 6.45) is -4.75. The first kappa shape index (κ1) is 25.9. The Kier molecular flexibility index (Phi) is 9.00. The number of hydrogen-bond acceptors (Lipinski definition) is 9. The molecule has 0 amide bonds. The van der Waals surface area contributed by atoms with Crippen molar-refractivity contribution in [2.24, 2.45) is 17.5 Å². The molecule has 0 aliphatic carbocycles. The molecule has 0 radical (unpaired) electrons. The van der Waals surface area contributed by atoms with E-state index in [1.54, 1.807) is 38.1 Å². The molecular weight excluding hydrogens is 463 g/mol. The number of esters is 2. The summed E-state index contributed by atoms with van der Waals surface area (Å²) in [6, 6.07) is 12.3. The van der Waals surface area contributed by atoms with Gasteiger partial charge in [-0.25, -0.2) is 4.79 Å². The van der Waals surface area contributed by atoms with Crippen molar-refractivity contribution in [3.63, 3.8) is 0 Å². The number of benzene rings is 2. The Labute approximate surface area is 192 Å². The minimum absolute atomic E-state index is 0.0130. The summed E-state index contributed by atoms with van der Waals surface area (Å²) in [4.78, 5) is 24.2. The Hall–Kier alpha value is -3.38. The van der Waals surface area contributed by atoms with Crippen molar-refractivity contribution in [2.45, 2.75) is 25.1 Å². The lowest BCUT2D eigenvalue weighted by molar-refractivity contribution is -0.274. The van der Waals surface area contributed by atoms with Gasteiger partial charge < -0.3 is 25.4 Å². The van der Waals surface area contributed by atoms with Crippen LogP contribution >= 0.6 is 11.8 Å². The number of nitrogens with two attached hydrogens (primary N) is 2. The molecule has 33 heavy (non-hydrogen) atoms. The number of alkyl halides is 3. The molecule has 0 aromatic heterocycles. The molecule has 0 spiro atoms. The second-order valence-corrected chi connectivity index (χ2v) is 7.87. The lowest BCUT2D eigenvalue weighted by atomic mass is 10.1. The highest BCUT2D eigenvalue weighted by Crippen LogP contribution is 2.30. The molecular formula is C21H22F3N3O5S. The smallest absolute Gasteiger partial charge is 0.428 e. The van der Waals surface area contributed by atoms with Crippen molar-refractivity contribution < 1.29 is 37.0 Å². The SMILES string of the molecule is CC(C)C(=O)OCOC(=O)/C(NN)=C(/N)Sc1ccc(-c2ccc(OC(F)(F)F)cc2)cc1. The second-order valence-electron chi connectivity index (χ2n) is 6.75. The summed E-state index contributed by atoms with van der Waals surface area (Å²) in [7, 11) is 0. The number of hydrazine groups is 1. The van der Waals surface area contributed by atoms with Gasteiger partial charge in [-0.1, -0.05) is 49.9 Å². The van der Waals surface area contributed by atoms with Gasteiger partial charge in [0.1, 0.15) is 10.8 Å². The lowest BCUT2D eigenvalue weighted by Crippen LogP contribution is -2.31. The van der Waals surface area contributed by atoms with Gasteiger partial charge in [-0.2, -0.15) is 0 Å². The Balaban J connectivity index is 2.02. The maximum absolute atomic E-state index is 12.3. The van der Waals surface area contributed by atoms with Gasteiger partial charge in [0, 0.05) is 4.90 Å². The number of hydrogen-bond donors (Lipinski definition) is 3. The van der Waals surface area contributed by atoms with E-state index < -0.39 is 25.1 Å². The molecule has 0 heterocycles. The van der Waals surface area contributed by atoms with E-state index in [1.165, 1.54) is 24.3 Å². The minimum Gasteiger partial charge on any atom is -0.428 e. The Morgan fingerprint density at radius 2 is 1.55 bits per heavy atom. The molecule has 0 aliphatic rings. The van der Waals surface area contributed by atoms with Gasteiger partial charge in [-0.3, -0.25) is 10.6 Å². The fourth-order valence-corrected chi connectivity index (χ4v) is 3.12. The van der Waals surface area contributed by atoms with Gasteiger partial charge in [0.05, 0.1) is 5.92 Å². The van der Waals surface area contributed by atoms with Crippen LogP contribution in [0.25, 0.3) is 11.1 Å². The zero-order chi connectivity index (χ0) is 24.6. The highest BCUT2D eigenvalue weighted by atomic mass is 32.2. The number of halogens is 3. The highest BCUT2D eigenvalue weighted by molar-refractivity contribution is 8.03. The maximum atomic E-state index is 12.3. The van der Waals surface area contributed by atoms with Crippen LogP contribution in [0.2, 0.25) is 0 Å². The lowest BCUT2D eigenvalue weighted by Gasteiger charge is -2.12. The zero-order valence-electron chi connectivity index (χ0n) is 17.6. The van der Waals surface area contributed by atoms with Gasteiger partial charge in [0.15, 0.2) is 5.70 Å². The molecule has 0 saturated heterocycles. The molecule has 8 nitrogen and oxygen atoms in total. The van der Waals surface area contributed by atoms with E-state index >= 15 is 0 Å². The molecule has 2 aromatic rings. The number of thioether (sulfide) groups is 1. The first-order valence-corrected chi connectivity index (χ1v) is 10.3.